The Labute approximate surface area is 110 Å². The third-order valence-corrected chi connectivity index (χ3v) is 3.74. The number of nitrogens with one attached hydrogen (secondary N) is 1. The Morgan fingerprint density at radius 2 is 2.17 bits per heavy atom. The highest BCUT2D eigenvalue weighted by Crippen LogP contribution is 2.12. The zero-order chi connectivity index (χ0) is 13.6. The largest absolute Gasteiger partial charge is 0.401 e. The van der Waals surface area contributed by atoms with Crippen molar-refractivity contribution < 1.29 is 13.2 Å². The van der Waals surface area contributed by atoms with Gasteiger partial charge in [-0.25, -0.2) is 0 Å². The van der Waals surface area contributed by atoms with Crippen LogP contribution in [0.5, 0.6) is 0 Å². The van der Waals surface area contributed by atoms with Crippen molar-refractivity contribution in [1.82, 2.24) is 10.2 Å². The number of hydrogen-bond acceptors (Lipinski definition) is 3. The van der Waals surface area contributed by atoms with E-state index in [4.69, 9.17) is 0 Å². The van der Waals surface area contributed by atoms with E-state index in [1.807, 2.05) is 25.4 Å². The van der Waals surface area contributed by atoms with Gasteiger partial charge in [-0.1, -0.05) is 6.07 Å². The molecule has 0 saturated carbocycles. The Hall–Kier alpha value is -0.590. The zero-order valence-corrected chi connectivity index (χ0v) is 11.4. The summed E-state index contributed by atoms with van der Waals surface area (Å²) in [5, 5.41) is 4.47. The third kappa shape index (κ3) is 6.37. The molecule has 1 aromatic heterocycles. The maximum atomic E-state index is 12.0. The number of thiophene rings is 1. The highest BCUT2D eigenvalue weighted by atomic mass is 32.1. The van der Waals surface area contributed by atoms with Crippen molar-refractivity contribution in [3.05, 3.63) is 22.4 Å². The van der Waals surface area contributed by atoms with Gasteiger partial charge >= 0.3 is 6.18 Å². The Balaban J connectivity index is 2.18. The van der Waals surface area contributed by atoms with Gasteiger partial charge in [-0.3, -0.25) is 0 Å². The first-order valence-corrected chi connectivity index (χ1v) is 6.76. The summed E-state index contributed by atoms with van der Waals surface area (Å²) in [6, 6.07) is 4.17. The van der Waals surface area contributed by atoms with Crippen molar-refractivity contribution in [2.75, 3.05) is 26.7 Å². The molecule has 0 bridgehead atoms. The molecular formula is C12H19F3N2S. The van der Waals surface area contributed by atoms with Crippen LogP contribution in [0, 0.1) is 0 Å². The van der Waals surface area contributed by atoms with Crippen LogP contribution >= 0.6 is 11.3 Å². The number of hydrogen-bond donors (Lipinski definition) is 1. The molecule has 1 atom stereocenters. The lowest BCUT2D eigenvalue weighted by Gasteiger charge is -2.25. The minimum Gasteiger partial charge on any atom is -0.307 e. The number of alkyl halides is 3. The van der Waals surface area contributed by atoms with E-state index in [-0.39, 0.29) is 6.04 Å². The summed E-state index contributed by atoms with van der Waals surface area (Å²) in [5.74, 6) is 0. The summed E-state index contributed by atoms with van der Waals surface area (Å²) in [6.45, 7) is 2.21. The van der Waals surface area contributed by atoms with Gasteiger partial charge in [-0.05, 0) is 31.8 Å². The van der Waals surface area contributed by atoms with Gasteiger partial charge in [-0.2, -0.15) is 13.2 Å². The molecule has 1 rings (SSSR count). The standard InChI is InChI=1S/C12H19F3N2S/c1-10(8-16-9-12(13,14)15)17(2)6-5-11-4-3-7-18-11/h3-4,7,10,16H,5-6,8-9H2,1-2H3. The number of nitrogens with zero attached hydrogens (tertiary/aromatic N) is 1. The summed E-state index contributed by atoms with van der Waals surface area (Å²) >= 11 is 1.71. The Bertz CT molecular complexity index is 325. The summed E-state index contributed by atoms with van der Waals surface area (Å²) < 4.78 is 35.9. The van der Waals surface area contributed by atoms with E-state index in [1.165, 1.54) is 4.88 Å². The van der Waals surface area contributed by atoms with Gasteiger partial charge in [0.2, 0.25) is 0 Å². The molecule has 1 aromatic rings. The third-order valence-electron chi connectivity index (χ3n) is 2.81. The fourth-order valence-electron chi connectivity index (χ4n) is 1.54. The van der Waals surface area contributed by atoms with E-state index >= 15 is 0 Å². The van der Waals surface area contributed by atoms with Crippen LogP contribution in [0.1, 0.15) is 11.8 Å². The van der Waals surface area contributed by atoms with Crippen LogP contribution in [0.25, 0.3) is 0 Å². The molecule has 0 aliphatic carbocycles. The molecular weight excluding hydrogens is 261 g/mol. The van der Waals surface area contributed by atoms with Gasteiger partial charge < -0.3 is 10.2 Å². The molecule has 6 heteroatoms. The van der Waals surface area contributed by atoms with E-state index in [9.17, 15) is 13.2 Å². The summed E-state index contributed by atoms with van der Waals surface area (Å²) in [4.78, 5) is 3.38. The maximum Gasteiger partial charge on any atom is 0.401 e. The average Bonchev–Trinajstić information content (AvgIpc) is 2.76. The molecule has 18 heavy (non-hydrogen) atoms. The van der Waals surface area contributed by atoms with Crippen LogP contribution in [0.15, 0.2) is 17.5 Å². The number of rotatable bonds is 7. The topological polar surface area (TPSA) is 15.3 Å². The molecule has 0 saturated heterocycles. The molecule has 1 heterocycles. The van der Waals surface area contributed by atoms with E-state index in [2.05, 4.69) is 16.3 Å². The molecule has 104 valence electrons. The van der Waals surface area contributed by atoms with Gasteiger partial charge in [0, 0.05) is 24.0 Å². The van der Waals surface area contributed by atoms with Gasteiger partial charge in [0.05, 0.1) is 6.54 Å². The second-order valence-electron chi connectivity index (χ2n) is 4.41. The monoisotopic (exact) mass is 280 g/mol. The van der Waals surface area contributed by atoms with Gasteiger partial charge in [0.1, 0.15) is 0 Å². The summed E-state index contributed by atoms with van der Waals surface area (Å²) in [5.41, 5.74) is 0. The first kappa shape index (κ1) is 15.5. The fourth-order valence-corrected chi connectivity index (χ4v) is 2.24. The van der Waals surface area contributed by atoms with Crippen LogP contribution < -0.4 is 5.32 Å². The Morgan fingerprint density at radius 1 is 1.44 bits per heavy atom. The predicted molar refractivity (Wildman–Crippen MR) is 69.0 cm³/mol. The maximum absolute atomic E-state index is 12.0. The molecule has 0 spiro atoms. The van der Waals surface area contributed by atoms with Crippen molar-refractivity contribution in [3.8, 4) is 0 Å². The summed E-state index contributed by atoms with van der Waals surface area (Å²) in [7, 11) is 1.94. The number of halogens is 3. The minimum absolute atomic E-state index is 0.0901. The second-order valence-corrected chi connectivity index (χ2v) is 5.44. The molecule has 1 unspecified atom stereocenters. The van der Waals surface area contributed by atoms with Crippen molar-refractivity contribution in [2.45, 2.75) is 25.6 Å². The zero-order valence-electron chi connectivity index (χ0n) is 10.6. The van der Waals surface area contributed by atoms with Gasteiger partial charge in [-0.15, -0.1) is 11.3 Å². The molecule has 2 nitrogen and oxygen atoms in total. The van der Waals surface area contributed by atoms with E-state index in [0.717, 1.165) is 13.0 Å². The molecule has 0 aliphatic heterocycles. The van der Waals surface area contributed by atoms with Crippen molar-refractivity contribution in [1.29, 1.82) is 0 Å². The van der Waals surface area contributed by atoms with Crippen LogP contribution in [0.3, 0.4) is 0 Å². The lowest BCUT2D eigenvalue weighted by Crippen LogP contribution is -2.41. The van der Waals surface area contributed by atoms with Crippen LogP contribution in [-0.2, 0) is 6.42 Å². The normalized spacial score (nSPS) is 14.1. The lowest BCUT2D eigenvalue weighted by molar-refractivity contribution is -0.125. The fraction of sp³-hybridized carbons (Fsp3) is 0.667. The van der Waals surface area contributed by atoms with E-state index in [0.29, 0.717) is 6.54 Å². The van der Waals surface area contributed by atoms with E-state index < -0.39 is 12.7 Å². The smallest absolute Gasteiger partial charge is 0.307 e. The molecule has 0 amide bonds. The molecule has 0 radical (unpaired) electrons. The van der Waals surface area contributed by atoms with Gasteiger partial charge in [0.15, 0.2) is 0 Å². The first-order valence-electron chi connectivity index (χ1n) is 5.88. The van der Waals surface area contributed by atoms with Crippen LogP contribution in [0.4, 0.5) is 13.2 Å². The predicted octanol–water partition coefficient (Wildman–Crippen LogP) is 2.76. The van der Waals surface area contributed by atoms with Crippen molar-refractivity contribution in [3.63, 3.8) is 0 Å². The molecule has 1 N–H and O–H groups in total. The number of likely N-dealkylation sites (N-methyl/N-ethyl adjacent to an activating group) is 1. The van der Waals surface area contributed by atoms with Crippen LogP contribution in [-0.4, -0.2) is 43.8 Å². The molecule has 0 aliphatic rings. The Morgan fingerprint density at radius 3 is 2.72 bits per heavy atom. The van der Waals surface area contributed by atoms with Crippen molar-refractivity contribution >= 4 is 11.3 Å². The molecule has 0 aromatic carbocycles. The van der Waals surface area contributed by atoms with Crippen molar-refractivity contribution in [2.24, 2.45) is 0 Å². The minimum atomic E-state index is -4.13. The quantitative estimate of drug-likeness (QED) is 0.826. The second kappa shape index (κ2) is 7.11. The first-order chi connectivity index (χ1) is 8.38. The molecule has 0 fully saturated rings. The lowest BCUT2D eigenvalue weighted by atomic mass is 10.2. The van der Waals surface area contributed by atoms with E-state index in [1.54, 1.807) is 11.3 Å². The summed E-state index contributed by atoms with van der Waals surface area (Å²) in [6.07, 6.45) is -3.19. The van der Waals surface area contributed by atoms with Crippen LogP contribution in [0.2, 0.25) is 0 Å². The highest BCUT2D eigenvalue weighted by Gasteiger charge is 2.26. The Kier molecular flexibility index (Phi) is 6.11. The average molecular weight is 280 g/mol. The SMILES string of the molecule is CC(CNCC(F)(F)F)N(C)CCc1cccs1. The highest BCUT2D eigenvalue weighted by molar-refractivity contribution is 7.09. The van der Waals surface area contributed by atoms with Gasteiger partial charge in [0.25, 0.3) is 0 Å².